The number of rotatable bonds is 4. The molecule has 0 bridgehead atoms. The molecule has 0 aromatic heterocycles. The molecule has 0 spiro atoms. The smallest absolute Gasteiger partial charge is 0.0594 e. The Morgan fingerprint density at radius 1 is 1.08 bits per heavy atom. The largest absolute Gasteiger partial charge is 0.379 e. The Kier molecular flexibility index (Phi) is 5.58. The zero-order valence-corrected chi connectivity index (χ0v) is 18.3. The molecule has 138 valence electrons. The van der Waals surface area contributed by atoms with Gasteiger partial charge in [-0.25, -0.2) is 0 Å². The van der Waals surface area contributed by atoms with Gasteiger partial charge in [-0.1, -0.05) is 29.6 Å². The number of halogens is 1. The summed E-state index contributed by atoms with van der Waals surface area (Å²) in [5.74, 6) is 0. The molecule has 0 radical (unpaired) electrons. The van der Waals surface area contributed by atoms with E-state index >= 15 is 0 Å². The molecule has 1 N–H and O–H groups in total. The molecule has 1 fully saturated rings. The van der Waals surface area contributed by atoms with Crippen LogP contribution in [-0.2, 0) is 4.74 Å². The van der Waals surface area contributed by atoms with E-state index in [-0.39, 0.29) is 5.54 Å². The molecule has 0 atom stereocenters. The average molecular weight is 451 g/mol. The van der Waals surface area contributed by atoms with Crippen LogP contribution in [0.4, 0.5) is 5.69 Å². The molecular weight excluding hydrogens is 428 g/mol. The van der Waals surface area contributed by atoms with Gasteiger partial charge in [0.1, 0.15) is 0 Å². The molecule has 0 aliphatic carbocycles. The lowest BCUT2D eigenvalue weighted by molar-refractivity contribution is 0.0317. The second-order valence-electron chi connectivity index (χ2n) is 7.33. The number of benzene rings is 2. The maximum absolute atomic E-state index is 5.46. The van der Waals surface area contributed by atoms with Gasteiger partial charge in [-0.15, -0.1) is 0 Å². The summed E-state index contributed by atoms with van der Waals surface area (Å²) in [6.45, 7) is 9.30. The van der Waals surface area contributed by atoms with Crippen LogP contribution in [0.5, 0.6) is 0 Å². The quantitative estimate of drug-likeness (QED) is 0.558. The number of ether oxygens (including phenoxy) is 1. The van der Waals surface area contributed by atoms with Crippen molar-refractivity contribution in [1.29, 1.82) is 0 Å². The SMILES string of the molecule is CC(C)(CN1CCOCC1)Nc1ccc2c(c1)Sc1cccc(Br)c1S2. The maximum Gasteiger partial charge on any atom is 0.0594 e. The summed E-state index contributed by atoms with van der Waals surface area (Å²) in [4.78, 5) is 7.77. The van der Waals surface area contributed by atoms with Crippen molar-refractivity contribution in [1.82, 2.24) is 4.90 Å². The zero-order chi connectivity index (χ0) is 18.1. The summed E-state index contributed by atoms with van der Waals surface area (Å²) in [6.07, 6.45) is 0. The van der Waals surface area contributed by atoms with Crippen molar-refractivity contribution >= 4 is 45.1 Å². The Morgan fingerprint density at radius 3 is 2.69 bits per heavy atom. The summed E-state index contributed by atoms with van der Waals surface area (Å²) in [7, 11) is 0. The van der Waals surface area contributed by atoms with Gasteiger partial charge in [0, 0.05) is 54.9 Å². The van der Waals surface area contributed by atoms with Crippen molar-refractivity contribution in [2.45, 2.75) is 39.0 Å². The van der Waals surface area contributed by atoms with Gasteiger partial charge in [-0.3, -0.25) is 4.90 Å². The number of hydrogen-bond acceptors (Lipinski definition) is 5. The van der Waals surface area contributed by atoms with Gasteiger partial charge in [-0.05, 0) is 60.1 Å². The van der Waals surface area contributed by atoms with Gasteiger partial charge in [0.25, 0.3) is 0 Å². The third kappa shape index (κ3) is 4.25. The first kappa shape index (κ1) is 18.7. The van der Waals surface area contributed by atoms with E-state index in [1.807, 2.05) is 23.5 Å². The topological polar surface area (TPSA) is 24.5 Å². The molecule has 2 aromatic rings. The molecule has 6 heteroatoms. The highest BCUT2D eigenvalue weighted by Gasteiger charge is 2.24. The van der Waals surface area contributed by atoms with E-state index in [1.165, 1.54) is 29.7 Å². The minimum absolute atomic E-state index is 0.0129. The molecule has 2 heterocycles. The van der Waals surface area contributed by atoms with Crippen molar-refractivity contribution in [3.05, 3.63) is 40.9 Å². The van der Waals surface area contributed by atoms with Crippen molar-refractivity contribution in [3.8, 4) is 0 Å². The zero-order valence-electron chi connectivity index (χ0n) is 15.0. The van der Waals surface area contributed by atoms with Gasteiger partial charge < -0.3 is 10.1 Å². The van der Waals surface area contributed by atoms with E-state index in [0.717, 1.165) is 32.8 Å². The Hall–Kier alpha value is -0.660. The van der Waals surface area contributed by atoms with Crippen molar-refractivity contribution in [2.75, 3.05) is 38.2 Å². The van der Waals surface area contributed by atoms with Crippen molar-refractivity contribution in [3.63, 3.8) is 0 Å². The lowest BCUT2D eigenvalue weighted by atomic mass is 10.0. The third-order valence-electron chi connectivity index (χ3n) is 4.51. The van der Waals surface area contributed by atoms with Crippen LogP contribution in [0.2, 0.25) is 0 Å². The fraction of sp³-hybridized carbons (Fsp3) is 0.400. The van der Waals surface area contributed by atoms with E-state index in [9.17, 15) is 0 Å². The Balaban J connectivity index is 1.48. The third-order valence-corrected chi connectivity index (χ3v) is 8.03. The summed E-state index contributed by atoms with van der Waals surface area (Å²) in [5.41, 5.74) is 1.20. The van der Waals surface area contributed by atoms with Crippen LogP contribution >= 0.6 is 39.5 Å². The normalized spacial score (nSPS) is 17.5. The molecule has 0 saturated carbocycles. The van der Waals surface area contributed by atoms with E-state index in [0.29, 0.717) is 0 Å². The second kappa shape index (κ2) is 7.76. The summed E-state index contributed by atoms with van der Waals surface area (Å²) >= 11 is 7.38. The highest BCUT2D eigenvalue weighted by atomic mass is 79.9. The summed E-state index contributed by atoms with van der Waals surface area (Å²) < 4.78 is 6.63. The average Bonchev–Trinajstić information content (AvgIpc) is 2.60. The van der Waals surface area contributed by atoms with Crippen LogP contribution in [0.15, 0.2) is 60.5 Å². The number of morpholine rings is 1. The number of nitrogens with zero attached hydrogens (tertiary/aromatic N) is 1. The van der Waals surface area contributed by atoms with Gasteiger partial charge >= 0.3 is 0 Å². The lowest BCUT2D eigenvalue weighted by Gasteiger charge is -2.36. The monoisotopic (exact) mass is 450 g/mol. The Labute approximate surface area is 172 Å². The molecular formula is C20H23BrN2OS2. The van der Waals surface area contributed by atoms with Crippen LogP contribution in [0, 0.1) is 0 Å². The van der Waals surface area contributed by atoms with Crippen LogP contribution in [0.1, 0.15) is 13.8 Å². The van der Waals surface area contributed by atoms with E-state index in [2.05, 4.69) is 76.4 Å². The fourth-order valence-corrected chi connectivity index (χ4v) is 6.43. The van der Waals surface area contributed by atoms with Gasteiger partial charge in [0.15, 0.2) is 0 Å². The van der Waals surface area contributed by atoms with Crippen molar-refractivity contribution < 1.29 is 4.74 Å². The first-order valence-corrected chi connectivity index (χ1v) is 11.3. The summed E-state index contributed by atoms with van der Waals surface area (Å²) in [5, 5.41) is 3.74. The van der Waals surface area contributed by atoms with Gasteiger partial charge in [0.05, 0.1) is 13.2 Å². The van der Waals surface area contributed by atoms with Gasteiger partial charge in [-0.2, -0.15) is 0 Å². The Bertz CT molecular complexity index is 806. The number of hydrogen-bond donors (Lipinski definition) is 1. The fourth-order valence-electron chi connectivity index (χ4n) is 3.40. The maximum atomic E-state index is 5.46. The predicted octanol–water partition coefficient (Wildman–Crippen LogP) is 5.59. The van der Waals surface area contributed by atoms with Crippen LogP contribution in [0.25, 0.3) is 0 Å². The molecule has 3 nitrogen and oxygen atoms in total. The van der Waals surface area contributed by atoms with Crippen LogP contribution in [0.3, 0.4) is 0 Å². The first-order valence-electron chi connectivity index (χ1n) is 8.87. The molecule has 2 aliphatic heterocycles. The standard InChI is InChI=1S/C20H23BrN2OS2/c1-20(2,13-23-8-10-24-11-9-23)22-14-6-7-16-18(12-14)25-17-5-3-4-15(21)19(17)26-16/h3-7,12,22H,8-11,13H2,1-2H3. The van der Waals surface area contributed by atoms with E-state index in [4.69, 9.17) is 4.74 Å². The molecule has 0 amide bonds. The molecule has 0 unspecified atom stereocenters. The minimum Gasteiger partial charge on any atom is -0.379 e. The second-order valence-corrected chi connectivity index (χ2v) is 10.3. The van der Waals surface area contributed by atoms with Gasteiger partial charge in [0.2, 0.25) is 0 Å². The minimum atomic E-state index is 0.0129. The van der Waals surface area contributed by atoms with E-state index in [1.54, 1.807) is 0 Å². The Morgan fingerprint density at radius 2 is 1.88 bits per heavy atom. The molecule has 4 rings (SSSR count). The lowest BCUT2D eigenvalue weighted by Crippen LogP contribution is -2.48. The van der Waals surface area contributed by atoms with E-state index < -0.39 is 0 Å². The molecule has 1 saturated heterocycles. The highest BCUT2D eigenvalue weighted by molar-refractivity contribution is 9.10. The predicted molar refractivity (Wildman–Crippen MR) is 114 cm³/mol. The first-order chi connectivity index (χ1) is 12.5. The van der Waals surface area contributed by atoms with Crippen molar-refractivity contribution in [2.24, 2.45) is 0 Å². The number of anilines is 1. The summed E-state index contributed by atoms with van der Waals surface area (Å²) in [6, 6.07) is 13.1. The number of fused-ring (bicyclic) bond motifs is 2. The molecule has 26 heavy (non-hydrogen) atoms. The van der Waals surface area contributed by atoms with Crippen LogP contribution < -0.4 is 5.32 Å². The highest BCUT2D eigenvalue weighted by Crippen LogP contribution is 2.51. The molecule has 2 aliphatic rings. The van der Waals surface area contributed by atoms with Crippen LogP contribution in [-0.4, -0.2) is 43.3 Å². The number of nitrogens with one attached hydrogen (secondary N) is 1. The molecule has 2 aromatic carbocycles.